The number of benzene rings is 1. The molecule has 0 saturated carbocycles. The maximum Gasteiger partial charge on any atom is 0.264 e. The number of hydrogen-bond acceptors (Lipinski definition) is 3. The van der Waals surface area contributed by atoms with Crippen LogP contribution in [0.25, 0.3) is 0 Å². The molecule has 1 rings (SSSR count). The van der Waals surface area contributed by atoms with Crippen LogP contribution in [0.5, 0.6) is 0 Å². The third kappa shape index (κ3) is 5.61. The molecule has 4 nitrogen and oxygen atoms in total. The van der Waals surface area contributed by atoms with E-state index in [1.807, 2.05) is 6.07 Å². The normalized spacial score (nSPS) is 11.3. The van der Waals surface area contributed by atoms with Gasteiger partial charge in [-0.1, -0.05) is 17.7 Å². The molecule has 0 atom stereocenters. The Balaban J connectivity index is 2.32. The lowest BCUT2D eigenvalue weighted by molar-refractivity contribution is 0.481. The van der Waals surface area contributed by atoms with E-state index in [2.05, 4.69) is 5.32 Å². The monoisotopic (exact) mass is 249 g/mol. The fourth-order valence-corrected chi connectivity index (χ4v) is 1.79. The molecule has 84 valence electrons. The molecule has 15 heavy (non-hydrogen) atoms. The second-order valence-electron chi connectivity index (χ2n) is 3.08. The van der Waals surface area contributed by atoms with E-state index in [1.165, 1.54) is 0 Å². The summed E-state index contributed by atoms with van der Waals surface area (Å²) in [7, 11) is -3.85. The summed E-state index contributed by atoms with van der Waals surface area (Å²) in [5.74, 6) is -0.236. The van der Waals surface area contributed by atoms with Gasteiger partial charge in [-0.05, 0) is 24.6 Å². The predicted octanol–water partition coefficient (Wildman–Crippen LogP) is 2.03. The highest BCUT2D eigenvalue weighted by Crippen LogP contribution is 2.14. The fourth-order valence-electron chi connectivity index (χ4n) is 1.09. The van der Waals surface area contributed by atoms with Gasteiger partial charge in [0.05, 0.1) is 5.75 Å². The van der Waals surface area contributed by atoms with Crippen molar-refractivity contribution in [1.82, 2.24) is 0 Å². The maximum absolute atomic E-state index is 10.4. The average molecular weight is 250 g/mol. The Hall–Kier alpha value is -0.780. The van der Waals surface area contributed by atoms with Gasteiger partial charge in [0.1, 0.15) is 0 Å². The van der Waals surface area contributed by atoms with Crippen molar-refractivity contribution in [2.24, 2.45) is 0 Å². The molecule has 0 aliphatic carbocycles. The molecule has 0 saturated heterocycles. The van der Waals surface area contributed by atoms with Crippen LogP contribution in [0, 0.1) is 0 Å². The topological polar surface area (TPSA) is 66.4 Å². The SMILES string of the molecule is O=S(=O)(O)CCCNc1cccc(Cl)c1. The van der Waals surface area contributed by atoms with Crippen LogP contribution in [-0.4, -0.2) is 25.3 Å². The molecule has 1 aromatic carbocycles. The highest BCUT2D eigenvalue weighted by atomic mass is 35.5. The number of nitrogens with one attached hydrogen (secondary N) is 1. The Morgan fingerprint density at radius 3 is 2.73 bits per heavy atom. The number of rotatable bonds is 5. The second-order valence-corrected chi connectivity index (χ2v) is 5.09. The third-order valence-corrected chi connectivity index (χ3v) is 2.77. The lowest BCUT2D eigenvalue weighted by atomic mass is 10.3. The molecule has 0 unspecified atom stereocenters. The summed E-state index contributed by atoms with van der Waals surface area (Å²) in [6.45, 7) is 0.472. The minimum Gasteiger partial charge on any atom is -0.385 e. The first-order valence-corrected chi connectivity index (χ1v) is 6.41. The minimum absolute atomic E-state index is 0.236. The molecule has 0 spiro atoms. The number of hydrogen-bond donors (Lipinski definition) is 2. The van der Waals surface area contributed by atoms with Gasteiger partial charge in [0.15, 0.2) is 0 Å². The number of anilines is 1. The summed E-state index contributed by atoms with van der Waals surface area (Å²) in [5.41, 5.74) is 0.831. The van der Waals surface area contributed by atoms with Gasteiger partial charge in [-0.2, -0.15) is 8.42 Å². The zero-order valence-corrected chi connectivity index (χ0v) is 9.55. The molecule has 1 aromatic rings. The first-order chi connectivity index (χ1) is 6.97. The van der Waals surface area contributed by atoms with Gasteiger partial charge in [0.25, 0.3) is 10.1 Å². The zero-order valence-electron chi connectivity index (χ0n) is 7.98. The molecule has 0 amide bonds. The summed E-state index contributed by atoms with van der Waals surface area (Å²) in [4.78, 5) is 0. The van der Waals surface area contributed by atoms with Crippen LogP contribution in [-0.2, 0) is 10.1 Å². The summed E-state index contributed by atoms with van der Waals surface area (Å²) >= 11 is 5.75. The standard InChI is InChI=1S/C9H12ClNO3S/c10-8-3-1-4-9(7-8)11-5-2-6-15(12,13)14/h1,3-4,7,11H,2,5-6H2,(H,12,13,14). The smallest absolute Gasteiger partial charge is 0.264 e. The highest BCUT2D eigenvalue weighted by Gasteiger charge is 2.02. The summed E-state index contributed by atoms with van der Waals surface area (Å²) < 4.78 is 29.3. The Morgan fingerprint density at radius 2 is 2.13 bits per heavy atom. The maximum atomic E-state index is 10.4. The molecule has 0 aromatic heterocycles. The van der Waals surface area contributed by atoms with Crippen LogP contribution in [0.4, 0.5) is 5.69 Å². The molecule has 2 N–H and O–H groups in total. The van der Waals surface area contributed by atoms with E-state index in [4.69, 9.17) is 16.2 Å². The first kappa shape index (κ1) is 12.3. The molecular formula is C9H12ClNO3S. The second kappa shape index (κ2) is 5.34. The van der Waals surface area contributed by atoms with Crippen molar-refractivity contribution in [2.75, 3.05) is 17.6 Å². The van der Waals surface area contributed by atoms with Crippen LogP contribution in [0.2, 0.25) is 5.02 Å². The zero-order chi connectivity index (χ0) is 11.3. The van der Waals surface area contributed by atoms with E-state index in [-0.39, 0.29) is 5.75 Å². The fraction of sp³-hybridized carbons (Fsp3) is 0.333. The molecule has 0 aliphatic heterocycles. The van der Waals surface area contributed by atoms with Crippen molar-refractivity contribution in [3.05, 3.63) is 29.3 Å². The summed E-state index contributed by atoms with van der Waals surface area (Å²) in [6, 6.07) is 7.13. The first-order valence-electron chi connectivity index (χ1n) is 4.42. The van der Waals surface area contributed by atoms with Crippen molar-refractivity contribution in [2.45, 2.75) is 6.42 Å². The van der Waals surface area contributed by atoms with E-state index < -0.39 is 10.1 Å². The van der Waals surface area contributed by atoms with Gasteiger partial charge in [0.2, 0.25) is 0 Å². The third-order valence-electron chi connectivity index (χ3n) is 1.73. The largest absolute Gasteiger partial charge is 0.385 e. The molecule has 6 heteroatoms. The highest BCUT2D eigenvalue weighted by molar-refractivity contribution is 7.85. The van der Waals surface area contributed by atoms with Crippen LogP contribution < -0.4 is 5.32 Å². The van der Waals surface area contributed by atoms with Crippen LogP contribution in [0.15, 0.2) is 24.3 Å². The Bertz CT molecular complexity index is 419. The molecule has 0 aliphatic rings. The van der Waals surface area contributed by atoms with E-state index in [0.29, 0.717) is 18.0 Å². The molecule has 0 fully saturated rings. The van der Waals surface area contributed by atoms with Crippen molar-refractivity contribution in [1.29, 1.82) is 0 Å². The summed E-state index contributed by atoms with van der Waals surface area (Å²) in [5, 5.41) is 3.62. The lowest BCUT2D eigenvalue weighted by Gasteiger charge is -2.05. The molecular weight excluding hydrogens is 238 g/mol. The van der Waals surface area contributed by atoms with E-state index in [0.717, 1.165) is 5.69 Å². The van der Waals surface area contributed by atoms with Crippen molar-refractivity contribution >= 4 is 27.4 Å². The van der Waals surface area contributed by atoms with Gasteiger partial charge in [-0.25, -0.2) is 0 Å². The minimum atomic E-state index is -3.85. The van der Waals surface area contributed by atoms with E-state index >= 15 is 0 Å². The lowest BCUT2D eigenvalue weighted by Crippen LogP contribution is -2.10. The van der Waals surface area contributed by atoms with Gasteiger partial charge in [-0.3, -0.25) is 4.55 Å². The Labute approximate surface area is 94.0 Å². The Kier molecular flexibility index (Phi) is 4.38. The Morgan fingerprint density at radius 1 is 1.40 bits per heavy atom. The van der Waals surface area contributed by atoms with Gasteiger partial charge >= 0.3 is 0 Å². The number of halogens is 1. The molecule has 0 heterocycles. The van der Waals surface area contributed by atoms with Crippen LogP contribution >= 0.6 is 11.6 Å². The van der Waals surface area contributed by atoms with Crippen LogP contribution in [0.1, 0.15) is 6.42 Å². The van der Waals surface area contributed by atoms with Crippen LogP contribution in [0.3, 0.4) is 0 Å². The van der Waals surface area contributed by atoms with Crippen molar-refractivity contribution in [3.8, 4) is 0 Å². The van der Waals surface area contributed by atoms with E-state index in [9.17, 15) is 8.42 Å². The van der Waals surface area contributed by atoms with Gasteiger partial charge < -0.3 is 5.32 Å². The summed E-state index contributed by atoms with van der Waals surface area (Å²) in [6.07, 6.45) is 0.353. The van der Waals surface area contributed by atoms with Crippen molar-refractivity contribution < 1.29 is 13.0 Å². The van der Waals surface area contributed by atoms with E-state index in [1.54, 1.807) is 18.2 Å². The average Bonchev–Trinajstić information content (AvgIpc) is 2.11. The quantitative estimate of drug-likeness (QED) is 0.619. The van der Waals surface area contributed by atoms with Gasteiger partial charge in [-0.15, -0.1) is 0 Å². The van der Waals surface area contributed by atoms with Crippen molar-refractivity contribution in [3.63, 3.8) is 0 Å². The predicted molar refractivity (Wildman–Crippen MR) is 61.0 cm³/mol. The molecule has 0 radical (unpaired) electrons. The molecule has 0 bridgehead atoms. The van der Waals surface area contributed by atoms with Gasteiger partial charge in [0, 0.05) is 17.3 Å².